The summed E-state index contributed by atoms with van der Waals surface area (Å²) in [6.07, 6.45) is 3.30. The highest BCUT2D eigenvalue weighted by Crippen LogP contribution is 2.24. The van der Waals surface area contributed by atoms with Gasteiger partial charge in [-0.1, -0.05) is 18.6 Å². The van der Waals surface area contributed by atoms with Crippen molar-refractivity contribution in [1.82, 2.24) is 0 Å². The van der Waals surface area contributed by atoms with Gasteiger partial charge in [0.2, 0.25) is 0 Å². The summed E-state index contributed by atoms with van der Waals surface area (Å²) in [5.74, 6) is -0.151. The second-order valence-corrected chi connectivity index (χ2v) is 4.72. The van der Waals surface area contributed by atoms with E-state index in [2.05, 4.69) is 0 Å². The number of benzene rings is 1. The van der Waals surface area contributed by atoms with E-state index in [1.165, 1.54) is 0 Å². The number of aliphatic hydroxyl groups is 1. The fourth-order valence-corrected chi connectivity index (χ4v) is 2.25. The lowest BCUT2D eigenvalue weighted by Gasteiger charge is -2.28. The van der Waals surface area contributed by atoms with E-state index in [1.807, 2.05) is 0 Å². The summed E-state index contributed by atoms with van der Waals surface area (Å²) in [4.78, 5) is 10.5. The lowest BCUT2D eigenvalue weighted by Crippen LogP contribution is -2.34. The summed E-state index contributed by atoms with van der Waals surface area (Å²) in [7, 11) is 0. The molecule has 2 rings (SSSR count). The van der Waals surface area contributed by atoms with Crippen LogP contribution in [-0.2, 0) is 11.2 Å². The van der Waals surface area contributed by atoms with Gasteiger partial charge in [0.05, 0.1) is 12.5 Å². The second-order valence-electron chi connectivity index (χ2n) is 4.72. The molecule has 0 spiro atoms. The van der Waals surface area contributed by atoms with E-state index in [4.69, 9.17) is 9.84 Å². The fraction of sp³-hybridized carbons (Fsp3) is 0.500. The van der Waals surface area contributed by atoms with Crippen molar-refractivity contribution in [2.45, 2.75) is 44.3 Å². The van der Waals surface area contributed by atoms with Gasteiger partial charge in [0.1, 0.15) is 11.9 Å². The summed E-state index contributed by atoms with van der Waals surface area (Å²) in [5, 5.41) is 18.5. The summed E-state index contributed by atoms with van der Waals surface area (Å²) in [6.45, 7) is 0. The third-order valence-corrected chi connectivity index (χ3v) is 3.23. The first-order chi connectivity index (χ1) is 8.65. The van der Waals surface area contributed by atoms with Gasteiger partial charge >= 0.3 is 5.97 Å². The highest BCUT2D eigenvalue weighted by Gasteiger charge is 2.24. The average molecular weight is 250 g/mol. The van der Waals surface area contributed by atoms with E-state index in [1.54, 1.807) is 24.3 Å². The van der Waals surface area contributed by atoms with Crippen molar-refractivity contribution in [1.29, 1.82) is 0 Å². The smallest absolute Gasteiger partial charge is 0.307 e. The molecule has 0 heterocycles. The molecule has 2 atom stereocenters. The number of carboxylic acids is 1. The van der Waals surface area contributed by atoms with Crippen LogP contribution in [0.15, 0.2) is 24.3 Å². The van der Waals surface area contributed by atoms with Gasteiger partial charge in [0, 0.05) is 0 Å². The fourth-order valence-electron chi connectivity index (χ4n) is 2.25. The Hall–Kier alpha value is -1.55. The minimum atomic E-state index is -0.841. The molecule has 1 aromatic carbocycles. The largest absolute Gasteiger partial charge is 0.488 e. The summed E-state index contributed by atoms with van der Waals surface area (Å²) < 4.78 is 5.73. The normalized spacial score (nSPS) is 23.6. The van der Waals surface area contributed by atoms with Crippen molar-refractivity contribution in [3.63, 3.8) is 0 Å². The van der Waals surface area contributed by atoms with Gasteiger partial charge in [-0.15, -0.1) is 0 Å². The van der Waals surface area contributed by atoms with Crippen LogP contribution in [0.4, 0.5) is 0 Å². The third-order valence-electron chi connectivity index (χ3n) is 3.23. The van der Waals surface area contributed by atoms with Gasteiger partial charge in [-0.3, -0.25) is 4.79 Å². The molecule has 1 saturated carbocycles. The molecule has 1 aliphatic rings. The Kier molecular flexibility index (Phi) is 4.20. The van der Waals surface area contributed by atoms with Crippen LogP contribution >= 0.6 is 0 Å². The minimum Gasteiger partial charge on any atom is -0.488 e. The van der Waals surface area contributed by atoms with Crippen molar-refractivity contribution >= 4 is 5.97 Å². The van der Waals surface area contributed by atoms with Gasteiger partial charge in [-0.2, -0.15) is 0 Å². The van der Waals surface area contributed by atoms with E-state index in [9.17, 15) is 9.90 Å². The number of hydrogen-bond acceptors (Lipinski definition) is 3. The predicted octanol–water partition coefficient (Wildman–Crippen LogP) is 2.00. The van der Waals surface area contributed by atoms with E-state index in [0.29, 0.717) is 5.75 Å². The Bertz CT molecular complexity index is 399. The number of ether oxygens (including phenoxy) is 1. The molecule has 98 valence electrons. The van der Waals surface area contributed by atoms with Crippen LogP contribution in [0.1, 0.15) is 31.2 Å². The molecule has 0 aliphatic heterocycles. The van der Waals surface area contributed by atoms with E-state index in [-0.39, 0.29) is 12.5 Å². The zero-order chi connectivity index (χ0) is 13.0. The lowest BCUT2D eigenvalue weighted by atomic mass is 9.95. The molecule has 0 radical (unpaired) electrons. The van der Waals surface area contributed by atoms with Crippen molar-refractivity contribution < 1.29 is 19.7 Å². The van der Waals surface area contributed by atoms with Crippen LogP contribution < -0.4 is 4.74 Å². The molecule has 4 nitrogen and oxygen atoms in total. The third kappa shape index (κ3) is 3.47. The summed E-state index contributed by atoms with van der Waals surface area (Å²) in [6, 6.07) is 7.02. The topological polar surface area (TPSA) is 66.8 Å². The van der Waals surface area contributed by atoms with Crippen LogP contribution in [-0.4, -0.2) is 28.4 Å². The molecule has 1 aromatic rings. The van der Waals surface area contributed by atoms with Gasteiger partial charge in [-0.05, 0) is 37.0 Å². The monoisotopic (exact) mass is 250 g/mol. The number of aliphatic hydroxyl groups excluding tert-OH is 1. The Morgan fingerprint density at radius 1 is 1.22 bits per heavy atom. The zero-order valence-corrected chi connectivity index (χ0v) is 10.2. The lowest BCUT2D eigenvalue weighted by molar-refractivity contribution is -0.136. The minimum absolute atomic E-state index is 0.0202. The second kappa shape index (κ2) is 5.87. The van der Waals surface area contributed by atoms with Crippen molar-refractivity contribution in [2.24, 2.45) is 0 Å². The van der Waals surface area contributed by atoms with Crippen molar-refractivity contribution in [3.8, 4) is 5.75 Å². The maximum atomic E-state index is 10.5. The highest BCUT2D eigenvalue weighted by atomic mass is 16.5. The number of rotatable bonds is 4. The van der Waals surface area contributed by atoms with Crippen LogP contribution in [0.3, 0.4) is 0 Å². The standard InChI is InChI=1S/C14H18O4/c15-12-3-1-2-4-13(12)18-11-7-5-10(6-8-11)9-14(16)17/h5-8,12-13,15H,1-4,9H2,(H,16,17). The molecule has 18 heavy (non-hydrogen) atoms. The number of aliphatic carboxylic acids is 1. The molecule has 0 bridgehead atoms. The van der Waals surface area contributed by atoms with E-state index in [0.717, 1.165) is 31.2 Å². The number of carboxylic acid groups (broad SMARTS) is 1. The predicted molar refractivity (Wildman–Crippen MR) is 66.7 cm³/mol. The molecule has 0 saturated heterocycles. The van der Waals surface area contributed by atoms with Crippen molar-refractivity contribution in [3.05, 3.63) is 29.8 Å². The molecule has 1 fully saturated rings. The highest BCUT2D eigenvalue weighted by molar-refractivity contribution is 5.70. The first-order valence-corrected chi connectivity index (χ1v) is 6.30. The zero-order valence-electron chi connectivity index (χ0n) is 10.2. The van der Waals surface area contributed by atoms with E-state index < -0.39 is 12.1 Å². The Morgan fingerprint density at radius 2 is 1.89 bits per heavy atom. The van der Waals surface area contributed by atoms with Crippen LogP contribution in [0.25, 0.3) is 0 Å². The van der Waals surface area contributed by atoms with Gasteiger partial charge in [0.25, 0.3) is 0 Å². The van der Waals surface area contributed by atoms with Crippen LogP contribution in [0.2, 0.25) is 0 Å². The first-order valence-electron chi connectivity index (χ1n) is 6.30. The average Bonchev–Trinajstić information content (AvgIpc) is 2.34. The number of carbonyl (C=O) groups is 1. The molecular weight excluding hydrogens is 232 g/mol. The summed E-state index contributed by atoms with van der Waals surface area (Å²) in [5.41, 5.74) is 0.749. The molecule has 2 N–H and O–H groups in total. The van der Waals surface area contributed by atoms with Gasteiger partial charge < -0.3 is 14.9 Å². The van der Waals surface area contributed by atoms with Crippen molar-refractivity contribution in [2.75, 3.05) is 0 Å². The quantitative estimate of drug-likeness (QED) is 0.857. The van der Waals surface area contributed by atoms with Gasteiger partial charge in [-0.25, -0.2) is 0 Å². The molecular formula is C14H18O4. The molecule has 4 heteroatoms. The maximum absolute atomic E-state index is 10.5. The Morgan fingerprint density at radius 3 is 2.50 bits per heavy atom. The van der Waals surface area contributed by atoms with E-state index >= 15 is 0 Å². The summed E-state index contributed by atoms with van der Waals surface area (Å²) >= 11 is 0. The molecule has 1 aliphatic carbocycles. The van der Waals surface area contributed by atoms with Crippen LogP contribution in [0, 0.1) is 0 Å². The molecule has 0 amide bonds. The SMILES string of the molecule is O=C(O)Cc1ccc(OC2CCCCC2O)cc1. The number of hydrogen-bond donors (Lipinski definition) is 2. The Labute approximate surface area is 106 Å². The molecule has 2 unspecified atom stereocenters. The first kappa shape index (κ1) is 12.9. The maximum Gasteiger partial charge on any atom is 0.307 e. The molecule has 0 aromatic heterocycles. The van der Waals surface area contributed by atoms with Crippen LogP contribution in [0.5, 0.6) is 5.75 Å². The van der Waals surface area contributed by atoms with Gasteiger partial charge in [0.15, 0.2) is 0 Å². The Balaban J connectivity index is 1.95.